The van der Waals surface area contributed by atoms with Gasteiger partial charge >= 0.3 is 5.97 Å². The van der Waals surface area contributed by atoms with Crippen LogP contribution in [0.2, 0.25) is 0 Å². The van der Waals surface area contributed by atoms with Crippen molar-refractivity contribution in [2.45, 2.75) is 19.4 Å². The van der Waals surface area contributed by atoms with E-state index in [0.717, 1.165) is 16.5 Å². The van der Waals surface area contributed by atoms with Gasteiger partial charge in [0.05, 0.1) is 18.3 Å². The summed E-state index contributed by atoms with van der Waals surface area (Å²) in [4.78, 5) is 31.0. The number of furan rings is 1. The van der Waals surface area contributed by atoms with Gasteiger partial charge in [-0.15, -0.1) is 0 Å². The maximum absolute atomic E-state index is 13.4. The second kappa shape index (κ2) is 10.5. The van der Waals surface area contributed by atoms with E-state index in [-0.39, 0.29) is 24.0 Å². The molecule has 37 heavy (non-hydrogen) atoms. The molecule has 3 aromatic carbocycles. The zero-order chi connectivity index (χ0) is 25.8. The smallest absolute Gasteiger partial charge is 0.359 e. The van der Waals surface area contributed by atoms with Crippen LogP contribution in [0.5, 0.6) is 0 Å². The zero-order valence-corrected chi connectivity index (χ0v) is 20.7. The number of rotatable bonds is 8. The number of carbonyl (C=O) groups excluding carboxylic acids is 2. The Kier molecular flexibility index (Phi) is 6.85. The Hall–Kier alpha value is -4.65. The van der Waals surface area contributed by atoms with E-state index in [1.54, 1.807) is 13.0 Å². The number of amides is 1. The fourth-order valence-electron chi connectivity index (χ4n) is 4.48. The summed E-state index contributed by atoms with van der Waals surface area (Å²) in [6.45, 7) is 1.99. The molecule has 0 aliphatic carbocycles. The Bertz CT molecular complexity index is 1500. The minimum Gasteiger partial charge on any atom is -0.461 e. The van der Waals surface area contributed by atoms with Crippen LogP contribution in [0.25, 0.3) is 22.2 Å². The fourth-order valence-corrected chi connectivity index (χ4v) is 4.48. The van der Waals surface area contributed by atoms with Gasteiger partial charge in [-0.05, 0) is 31.0 Å². The monoisotopic (exact) mass is 493 g/mol. The van der Waals surface area contributed by atoms with Gasteiger partial charge in [-0.2, -0.15) is 0 Å². The van der Waals surface area contributed by atoms with Gasteiger partial charge in [0.15, 0.2) is 11.5 Å². The first-order valence-corrected chi connectivity index (χ1v) is 12.2. The summed E-state index contributed by atoms with van der Waals surface area (Å²) in [5.74, 6) is -0.123. The van der Waals surface area contributed by atoms with Crippen LogP contribution < -0.4 is 5.32 Å². The minimum atomic E-state index is -0.543. The number of para-hydroxylation sites is 1. The van der Waals surface area contributed by atoms with Crippen molar-refractivity contribution in [3.63, 3.8) is 0 Å². The van der Waals surface area contributed by atoms with E-state index >= 15 is 0 Å². The van der Waals surface area contributed by atoms with Gasteiger partial charge in [-0.3, -0.25) is 4.79 Å². The number of hydrogen-bond donors (Lipinski definition) is 1. The normalized spacial score (nSPS) is 11.8. The van der Waals surface area contributed by atoms with Crippen LogP contribution in [0.1, 0.15) is 45.4 Å². The van der Waals surface area contributed by atoms with E-state index in [9.17, 15) is 9.59 Å². The molecule has 1 N–H and O–H groups in total. The van der Waals surface area contributed by atoms with Crippen LogP contribution >= 0.6 is 0 Å². The highest BCUT2D eigenvalue weighted by molar-refractivity contribution is 5.97. The number of hydrogen-bond acceptors (Lipinski definition) is 5. The summed E-state index contributed by atoms with van der Waals surface area (Å²) in [5, 5.41) is 3.94. The van der Waals surface area contributed by atoms with E-state index < -0.39 is 12.0 Å². The van der Waals surface area contributed by atoms with Crippen molar-refractivity contribution in [1.29, 1.82) is 0 Å². The van der Waals surface area contributed by atoms with Gasteiger partial charge in [0.25, 0.3) is 5.91 Å². The molecule has 5 aromatic rings. The van der Waals surface area contributed by atoms with Crippen LogP contribution in [0.3, 0.4) is 0 Å². The highest BCUT2D eigenvalue weighted by Crippen LogP contribution is 2.29. The SMILES string of the molecule is CCOC(=O)c1nc(C(Cc2ccccc2)NC(=O)c2cc3ccccc3o2)n(C)c1-c1ccccc1. The molecule has 0 radical (unpaired) electrons. The second-order valence-electron chi connectivity index (χ2n) is 8.68. The average molecular weight is 494 g/mol. The molecule has 0 spiro atoms. The molecule has 2 aromatic heterocycles. The molecule has 1 atom stereocenters. The molecule has 0 aliphatic heterocycles. The van der Waals surface area contributed by atoms with E-state index in [1.165, 1.54) is 0 Å². The van der Waals surface area contributed by atoms with Crippen molar-refractivity contribution in [1.82, 2.24) is 14.9 Å². The number of imidazole rings is 1. The standard InChI is InChI=1S/C30H27N3O4/c1-3-36-30(35)26-27(21-14-8-5-9-15-21)33(2)28(32-26)23(18-20-12-6-4-7-13-20)31-29(34)25-19-22-16-10-11-17-24(22)37-25/h4-17,19,23H,3,18H2,1-2H3,(H,31,34). The maximum atomic E-state index is 13.4. The molecule has 0 aliphatic rings. The Morgan fingerprint density at radius 2 is 1.65 bits per heavy atom. The average Bonchev–Trinajstić information content (AvgIpc) is 3.51. The van der Waals surface area contributed by atoms with Crippen molar-refractivity contribution in [2.75, 3.05) is 6.61 Å². The number of nitrogens with zero attached hydrogens (tertiary/aromatic N) is 2. The summed E-state index contributed by atoms with van der Waals surface area (Å²) < 4.78 is 13.0. The summed E-state index contributed by atoms with van der Waals surface area (Å²) in [7, 11) is 1.85. The molecule has 0 saturated carbocycles. The summed E-state index contributed by atoms with van der Waals surface area (Å²) in [6, 6.07) is 28.1. The van der Waals surface area contributed by atoms with Crippen LogP contribution in [0.4, 0.5) is 0 Å². The van der Waals surface area contributed by atoms with Crippen molar-refractivity contribution < 1.29 is 18.7 Å². The first kappa shape index (κ1) is 24.1. The second-order valence-corrected chi connectivity index (χ2v) is 8.68. The number of ether oxygens (including phenoxy) is 1. The third kappa shape index (κ3) is 5.02. The largest absolute Gasteiger partial charge is 0.461 e. The lowest BCUT2D eigenvalue weighted by molar-refractivity contribution is 0.0520. The van der Waals surface area contributed by atoms with E-state index in [2.05, 4.69) is 5.32 Å². The lowest BCUT2D eigenvalue weighted by Gasteiger charge is -2.19. The van der Waals surface area contributed by atoms with Gasteiger partial charge in [0.2, 0.25) is 0 Å². The lowest BCUT2D eigenvalue weighted by atomic mass is 10.0. The number of aromatic nitrogens is 2. The Labute approximate surface area is 214 Å². The third-order valence-electron chi connectivity index (χ3n) is 6.19. The van der Waals surface area contributed by atoms with Gasteiger partial charge in [-0.1, -0.05) is 78.9 Å². The van der Waals surface area contributed by atoms with E-state index in [0.29, 0.717) is 23.5 Å². The number of benzene rings is 3. The molecule has 0 bridgehead atoms. The number of esters is 1. The van der Waals surface area contributed by atoms with Gasteiger partial charge < -0.3 is 19.0 Å². The van der Waals surface area contributed by atoms with Crippen LogP contribution in [0, 0.1) is 0 Å². The van der Waals surface area contributed by atoms with Crippen molar-refractivity contribution in [3.05, 3.63) is 114 Å². The quantitative estimate of drug-likeness (QED) is 0.279. The van der Waals surface area contributed by atoms with Crippen LogP contribution in [0.15, 0.2) is 95.4 Å². The van der Waals surface area contributed by atoms with Gasteiger partial charge in [0, 0.05) is 18.0 Å². The molecule has 7 nitrogen and oxygen atoms in total. The van der Waals surface area contributed by atoms with E-state index in [4.69, 9.17) is 14.1 Å². The molecule has 0 fully saturated rings. The maximum Gasteiger partial charge on any atom is 0.359 e. The van der Waals surface area contributed by atoms with E-state index in [1.807, 2.05) is 96.5 Å². The topological polar surface area (TPSA) is 86.4 Å². The first-order valence-electron chi connectivity index (χ1n) is 12.2. The van der Waals surface area contributed by atoms with Crippen LogP contribution in [-0.4, -0.2) is 28.0 Å². The third-order valence-corrected chi connectivity index (χ3v) is 6.19. The molecular weight excluding hydrogens is 466 g/mol. The summed E-state index contributed by atoms with van der Waals surface area (Å²) in [5.41, 5.74) is 3.32. The molecule has 1 amide bonds. The highest BCUT2D eigenvalue weighted by atomic mass is 16.5. The number of carbonyl (C=O) groups is 2. The number of nitrogens with one attached hydrogen (secondary N) is 1. The Balaban J connectivity index is 1.57. The number of fused-ring (bicyclic) bond motifs is 1. The Morgan fingerprint density at radius 3 is 2.35 bits per heavy atom. The predicted octanol–water partition coefficient (Wildman–Crippen LogP) is 5.72. The van der Waals surface area contributed by atoms with Gasteiger partial charge in [0.1, 0.15) is 11.4 Å². The zero-order valence-electron chi connectivity index (χ0n) is 20.7. The van der Waals surface area contributed by atoms with Crippen molar-refractivity contribution >= 4 is 22.8 Å². The molecule has 0 saturated heterocycles. The molecule has 5 rings (SSSR count). The molecular formula is C30H27N3O4. The lowest BCUT2D eigenvalue weighted by Crippen LogP contribution is -2.31. The molecule has 186 valence electrons. The molecule has 1 unspecified atom stereocenters. The predicted molar refractivity (Wildman–Crippen MR) is 141 cm³/mol. The van der Waals surface area contributed by atoms with Gasteiger partial charge in [-0.25, -0.2) is 9.78 Å². The first-order chi connectivity index (χ1) is 18.0. The minimum absolute atomic E-state index is 0.210. The van der Waals surface area contributed by atoms with Crippen molar-refractivity contribution in [3.8, 4) is 11.3 Å². The summed E-state index contributed by atoms with van der Waals surface area (Å²) in [6.07, 6.45) is 0.466. The van der Waals surface area contributed by atoms with Crippen LogP contribution in [-0.2, 0) is 18.2 Å². The Morgan fingerprint density at radius 1 is 0.973 bits per heavy atom. The molecule has 2 heterocycles. The molecule has 7 heteroatoms. The highest BCUT2D eigenvalue weighted by Gasteiger charge is 2.29. The summed E-state index contributed by atoms with van der Waals surface area (Å²) >= 11 is 0. The fraction of sp³-hybridized carbons (Fsp3) is 0.167. The van der Waals surface area contributed by atoms with Crippen molar-refractivity contribution in [2.24, 2.45) is 7.05 Å².